The van der Waals surface area contributed by atoms with Crippen LogP contribution in [0, 0.1) is 13.8 Å². The Morgan fingerprint density at radius 2 is 1.73 bits per heavy atom. The van der Waals surface area contributed by atoms with Gasteiger partial charge < -0.3 is 4.57 Å². The smallest absolute Gasteiger partial charge is 0.264 e. The third-order valence-electron chi connectivity index (χ3n) is 4.76. The molecule has 0 saturated heterocycles. The lowest BCUT2D eigenvalue weighted by Gasteiger charge is -2.08. The second-order valence-electron chi connectivity index (χ2n) is 7.35. The van der Waals surface area contributed by atoms with Gasteiger partial charge in [0, 0.05) is 23.3 Å². The van der Waals surface area contributed by atoms with Gasteiger partial charge in [-0.25, -0.2) is 28.1 Å². The Morgan fingerprint density at radius 3 is 2.36 bits per heavy atom. The lowest BCUT2D eigenvalue weighted by molar-refractivity contribution is 0.601. The van der Waals surface area contributed by atoms with Crippen molar-refractivity contribution in [3.05, 3.63) is 94.9 Å². The largest absolute Gasteiger partial charge is 0.313 e. The average molecular weight is 478 g/mol. The Hall–Kier alpha value is -3.56. The van der Waals surface area contributed by atoms with Crippen molar-refractivity contribution in [3.8, 4) is 11.3 Å². The van der Waals surface area contributed by atoms with E-state index in [1.165, 1.54) is 23.5 Å². The molecule has 0 fully saturated rings. The average Bonchev–Trinajstić information content (AvgIpc) is 3.16. The molecule has 0 aliphatic rings. The van der Waals surface area contributed by atoms with E-state index in [9.17, 15) is 8.42 Å². The van der Waals surface area contributed by atoms with Crippen LogP contribution in [0.25, 0.3) is 11.3 Å². The molecule has 0 aliphatic carbocycles. The summed E-state index contributed by atoms with van der Waals surface area (Å²) in [5, 5.41) is 2.06. The summed E-state index contributed by atoms with van der Waals surface area (Å²) >= 11 is 1.52. The maximum Gasteiger partial charge on any atom is 0.264 e. The summed E-state index contributed by atoms with van der Waals surface area (Å²) in [5.41, 5.74) is 4.17. The first-order chi connectivity index (χ1) is 15.9. The molecule has 0 atom stereocenters. The molecule has 2 aromatic carbocycles. The van der Waals surface area contributed by atoms with Gasteiger partial charge >= 0.3 is 0 Å². The van der Waals surface area contributed by atoms with Gasteiger partial charge in [-0.05, 0) is 49.7 Å². The fourth-order valence-electron chi connectivity index (χ4n) is 3.32. The van der Waals surface area contributed by atoms with E-state index in [1.54, 1.807) is 32.0 Å². The fraction of sp³-hybridized carbons (Fsp3) is 0.125. The number of anilines is 1. The zero-order valence-corrected chi connectivity index (χ0v) is 19.9. The van der Waals surface area contributed by atoms with Gasteiger partial charge in [0.05, 0.1) is 16.3 Å². The number of hydrogen-bond acceptors (Lipinski definition) is 6. The second-order valence-corrected chi connectivity index (χ2v) is 9.87. The monoisotopic (exact) mass is 477 g/mol. The van der Waals surface area contributed by atoms with Crippen LogP contribution in [0.5, 0.6) is 0 Å². The van der Waals surface area contributed by atoms with Crippen molar-refractivity contribution in [2.24, 2.45) is 4.99 Å². The van der Waals surface area contributed by atoms with Gasteiger partial charge in [-0.15, -0.1) is 17.9 Å². The molecule has 1 N–H and O–H groups in total. The molecular weight excluding hydrogens is 454 g/mol. The molecule has 0 saturated carbocycles. The molecule has 168 valence electrons. The first kappa shape index (κ1) is 22.6. The number of rotatable bonds is 7. The van der Waals surface area contributed by atoms with Gasteiger partial charge in [0.15, 0.2) is 4.80 Å². The number of hydrogen-bond donors (Lipinski definition) is 1. The molecule has 0 amide bonds. The highest BCUT2D eigenvalue weighted by atomic mass is 32.2. The van der Waals surface area contributed by atoms with E-state index in [1.807, 2.05) is 24.3 Å². The normalized spacial score (nSPS) is 12.0. The van der Waals surface area contributed by atoms with Gasteiger partial charge in [-0.3, -0.25) is 0 Å². The predicted octanol–water partition coefficient (Wildman–Crippen LogP) is 4.84. The lowest BCUT2D eigenvalue weighted by Crippen LogP contribution is -2.16. The molecule has 0 unspecified atom stereocenters. The van der Waals surface area contributed by atoms with Crippen LogP contribution in [0.3, 0.4) is 0 Å². The second kappa shape index (κ2) is 9.51. The van der Waals surface area contributed by atoms with E-state index in [4.69, 9.17) is 4.99 Å². The minimum absolute atomic E-state index is 0.0544. The standard InChI is InChI=1S/C24H23N5O2S2/c1-4-14-29-22(19-8-6-5-7-9-19)16-32-24(29)27-20-10-12-21(13-11-20)33(30,31)28-23-25-17(2)15-18(3)26-23/h4-13,15-16H,1,14H2,2-3H3,(H,25,26,28). The van der Waals surface area contributed by atoms with Crippen LogP contribution < -0.4 is 9.52 Å². The first-order valence-electron chi connectivity index (χ1n) is 10.2. The molecule has 9 heteroatoms. The van der Waals surface area contributed by atoms with Crippen LogP contribution in [-0.4, -0.2) is 23.0 Å². The Kier molecular flexibility index (Phi) is 6.52. The van der Waals surface area contributed by atoms with E-state index in [0.29, 0.717) is 23.6 Å². The Balaban J connectivity index is 1.63. The fourth-order valence-corrected chi connectivity index (χ4v) is 5.21. The van der Waals surface area contributed by atoms with E-state index < -0.39 is 10.0 Å². The Labute approximate surface area is 196 Å². The number of benzene rings is 2. The molecular formula is C24H23N5O2S2. The number of nitrogens with zero attached hydrogens (tertiary/aromatic N) is 4. The zero-order valence-electron chi connectivity index (χ0n) is 18.3. The Bertz CT molecular complexity index is 1430. The van der Waals surface area contributed by atoms with Crippen molar-refractivity contribution in [3.63, 3.8) is 0 Å². The Morgan fingerprint density at radius 1 is 1.06 bits per heavy atom. The molecule has 0 spiro atoms. The van der Waals surface area contributed by atoms with Gasteiger partial charge in [0.2, 0.25) is 5.95 Å². The van der Waals surface area contributed by atoms with Crippen LogP contribution in [0.2, 0.25) is 0 Å². The topological polar surface area (TPSA) is 89.2 Å². The predicted molar refractivity (Wildman–Crippen MR) is 132 cm³/mol. The molecule has 0 bridgehead atoms. The van der Waals surface area contributed by atoms with E-state index >= 15 is 0 Å². The maximum absolute atomic E-state index is 12.8. The van der Waals surface area contributed by atoms with Crippen molar-refractivity contribution in [2.45, 2.75) is 25.3 Å². The molecule has 2 aromatic heterocycles. The summed E-state index contributed by atoms with van der Waals surface area (Å²) in [6, 6.07) is 18.3. The summed E-state index contributed by atoms with van der Waals surface area (Å²) in [6.07, 6.45) is 1.83. The first-order valence-corrected chi connectivity index (χ1v) is 12.6. The quantitative estimate of drug-likeness (QED) is 0.386. The van der Waals surface area contributed by atoms with Crippen LogP contribution >= 0.6 is 11.3 Å². The summed E-state index contributed by atoms with van der Waals surface area (Å²) in [7, 11) is -3.82. The SMILES string of the molecule is C=CCn1c(-c2ccccc2)csc1=Nc1ccc(S(=O)(=O)Nc2nc(C)cc(C)n2)cc1. The van der Waals surface area contributed by atoms with Crippen LogP contribution in [-0.2, 0) is 16.6 Å². The number of aromatic nitrogens is 3. The van der Waals surface area contributed by atoms with Crippen molar-refractivity contribution >= 4 is 33.0 Å². The highest BCUT2D eigenvalue weighted by Gasteiger charge is 2.16. The number of sulfonamides is 1. The van der Waals surface area contributed by atoms with Gasteiger partial charge in [0.1, 0.15) is 0 Å². The van der Waals surface area contributed by atoms with E-state index in [0.717, 1.165) is 16.1 Å². The van der Waals surface area contributed by atoms with Crippen molar-refractivity contribution in [1.29, 1.82) is 0 Å². The summed E-state index contributed by atoms with van der Waals surface area (Å²) in [5.74, 6) is 0.0544. The lowest BCUT2D eigenvalue weighted by atomic mass is 10.2. The van der Waals surface area contributed by atoms with Gasteiger partial charge in [0.25, 0.3) is 10.0 Å². The number of nitrogens with one attached hydrogen (secondary N) is 1. The van der Waals surface area contributed by atoms with Crippen LogP contribution in [0.1, 0.15) is 11.4 Å². The maximum atomic E-state index is 12.8. The molecule has 0 radical (unpaired) electrons. The third-order valence-corrected chi connectivity index (χ3v) is 6.97. The number of thiazole rings is 1. The summed E-state index contributed by atoms with van der Waals surface area (Å²) in [6.45, 7) is 8.04. The number of allylic oxidation sites excluding steroid dienone is 1. The molecule has 7 nitrogen and oxygen atoms in total. The molecule has 33 heavy (non-hydrogen) atoms. The molecule has 0 aliphatic heterocycles. The highest BCUT2D eigenvalue weighted by molar-refractivity contribution is 7.92. The summed E-state index contributed by atoms with van der Waals surface area (Å²) in [4.78, 5) is 13.9. The zero-order chi connectivity index (χ0) is 23.4. The number of aryl methyl sites for hydroxylation is 2. The van der Waals surface area contributed by atoms with Crippen molar-refractivity contribution in [2.75, 3.05) is 4.72 Å². The van der Waals surface area contributed by atoms with Crippen LogP contribution in [0.4, 0.5) is 11.6 Å². The third kappa shape index (κ3) is 5.27. The van der Waals surface area contributed by atoms with Crippen LogP contribution in [0.15, 0.2) is 88.6 Å². The van der Waals surface area contributed by atoms with E-state index in [-0.39, 0.29) is 10.8 Å². The van der Waals surface area contributed by atoms with Crippen molar-refractivity contribution in [1.82, 2.24) is 14.5 Å². The highest BCUT2D eigenvalue weighted by Crippen LogP contribution is 2.22. The summed E-state index contributed by atoms with van der Waals surface area (Å²) < 4.78 is 30.0. The molecule has 2 heterocycles. The molecule has 4 aromatic rings. The molecule has 4 rings (SSSR count). The minimum Gasteiger partial charge on any atom is -0.313 e. The van der Waals surface area contributed by atoms with Crippen molar-refractivity contribution < 1.29 is 8.42 Å². The van der Waals surface area contributed by atoms with E-state index in [2.05, 4.69) is 43.3 Å². The van der Waals surface area contributed by atoms with Gasteiger partial charge in [-0.2, -0.15) is 0 Å². The minimum atomic E-state index is -3.82. The van der Waals surface area contributed by atoms with Gasteiger partial charge in [-0.1, -0.05) is 36.4 Å².